The maximum absolute atomic E-state index is 11.3. The van der Waals surface area contributed by atoms with Gasteiger partial charge in [0.05, 0.1) is 0 Å². The molecule has 1 atom stereocenters. The van der Waals surface area contributed by atoms with Gasteiger partial charge in [0, 0.05) is 0 Å². The molecule has 0 amide bonds. The van der Waals surface area contributed by atoms with Crippen LogP contribution in [0.25, 0.3) is 0 Å². The molecule has 1 rings (SSSR count). The topological polar surface area (TPSA) is 60.4 Å². The van der Waals surface area contributed by atoms with Crippen molar-refractivity contribution < 1.29 is 42.5 Å². The molecule has 0 aromatic heterocycles. The molecule has 1 aromatic carbocycles. The standard InChI is InChI=1S/C10H15NO3S.Na/c1-10(11(2)3,15(12,13)14)9-7-5-4-6-8-9;/h4-8H,1-3H3,(H,12,13,14);/q;+1/p-1. The average molecular weight is 251 g/mol. The number of hydrogen-bond donors (Lipinski definition) is 0. The van der Waals surface area contributed by atoms with E-state index >= 15 is 0 Å². The second-order valence-corrected chi connectivity index (χ2v) is 5.40. The van der Waals surface area contributed by atoms with Crippen LogP contribution in [0.1, 0.15) is 12.5 Å². The predicted octanol–water partition coefficient (Wildman–Crippen LogP) is -2.03. The van der Waals surface area contributed by atoms with Gasteiger partial charge in [-0.2, -0.15) is 0 Å². The summed E-state index contributed by atoms with van der Waals surface area (Å²) in [7, 11) is -1.30. The third kappa shape index (κ3) is 2.85. The summed E-state index contributed by atoms with van der Waals surface area (Å²) in [5.41, 5.74) is 0.477. The molecule has 0 spiro atoms. The summed E-state index contributed by atoms with van der Waals surface area (Å²) < 4.78 is 33.9. The Balaban J connectivity index is 0.00000225. The minimum atomic E-state index is -4.44. The Kier molecular flexibility index (Phi) is 5.65. The van der Waals surface area contributed by atoms with Gasteiger partial charge in [-0.15, -0.1) is 0 Å². The Labute approximate surface area is 119 Å². The van der Waals surface area contributed by atoms with Crippen LogP contribution < -0.4 is 29.6 Å². The summed E-state index contributed by atoms with van der Waals surface area (Å²) in [6.07, 6.45) is 0. The van der Waals surface area contributed by atoms with Gasteiger partial charge in [0.1, 0.15) is 15.0 Å². The minimum Gasteiger partial charge on any atom is -0.746 e. The molecule has 1 unspecified atom stereocenters. The van der Waals surface area contributed by atoms with Gasteiger partial charge in [-0.3, -0.25) is 4.90 Å². The molecule has 0 heterocycles. The Morgan fingerprint density at radius 1 is 1.19 bits per heavy atom. The zero-order chi connectivity index (χ0) is 11.7. The van der Waals surface area contributed by atoms with Gasteiger partial charge in [-0.25, -0.2) is 8.42 Å². The fourth-order valence-corrected chi connectivity index (χ4v) is 2.25. The first-order valence-corrected chi connectivity index (χ1v) is 5.89. The van der Waals surface area contributed by atoms with E-state index in [1.54, 1.807) is 44.4 Å². The second-order valence-electron chi connectivity index (χ2n) is 3.70. The molecular weight excluding hydrogens is 237 g/mol. The van der Waals surface area contributed by atoms with Crippen LogP contribution in [-0.4, -0.2) is 32.0 Å². The molecule has 16 heavy (non-hydrogen) atoms. The van der Waals surface area contributed by atoms with E-state index in [1.807, 2.05) is 0 Å². The molecule has 1 aromatic rings. The fraction of sp³-hybridized carbons (Fsp3) is 0.400. The molecule has 0 saturated heterocycles. The van der Waals surface area contributed by atoms with Crippen molar-refractivity contribution in [2.24, 2.45) is 0 Å². The normalized spacial score (nSPS) is 15.3. The van der Waals surface area contributed by atoms with Crippen LogP contribution in [-0.2, 0) is 15.0 Å². The summed E-state index contributed by atoms with van der Waals surface area (Å²) in [4.78, 5) is -0.112. The summed E-state index contributed by atoms with van der Waals surface area (Å²) in [6.45, 7) is 1.41. The molecule has 0 N–H and O–H groups in total. The number of benzene rings is 1. The van der Waals surface area contributed by atoms with Crippen molar-refractivity contribution in [3.05, 3.63) is 35.9 Å². The van der Waals surface area contributed by atoms with Crippen molar-refractivity contribution in [3.8, 4) is 0 Å². The molecule has 0 fully saturated rings. The first-order chi connectivity index (χ1) is 6.80. The molecular formula is C10H14NNaO3S. The van der Waals surface area contributed by atoms with Gasteiger partial charge >= 0.3 is 29.6 Å². The summed E-state index contributed by atoms with van der Waals surface area (Å²) >= 11 is 0. The van der Waals surface area contributed by atoms with Crippen molar-refractivity contribution in [1.82, 2.24) is 4.90 Å². The van der Waals surface area contributed by atoms with Gasteiger partial charge in [0.25, 0.3) is 0 Å². The smallest absolute Gasteiger partial charge is 0.746 e. The first-order valence-electron chi connectivity index (χ1n) is 4.48. The molecule has 0 bridgehead atoms. The van der Waals surface area contributed by atoms with Crippen LogP contribution in [0.4, 0.5) is 0 Å². The fourth-order valence-electron chi connectivity index (χ4n) is 1.37. The predicted molar refractivity (Wildman–Crippen MR) is 57.2 cm³/mol. The van der Waals surface area contributed by atoms with Gasteiger partial charge in [-0.05, 0) is 26.6 Å². The third-order valence-corrected chi connectivity index (χ3v) is 4.22. The number of nitrogens with zero attached hydrogens (tertiary/aromatic N) is 1. The maximum Gasteiger partial charge on any atom is 1.00 e. The second kappa shape index (κ2) is 5.62. The Morgan fingerprint density at radius 2 is 1.62 bits per heavy atom. The van der Waals surface area contributed by atoms with Crippen LogP contribution in [0, 0.1) is 0 Å². The largest absolute Gasteiger partial charge is 1.00 e. The average Bonchev–Trinajstić information content (AvgIpc) is 2.16. The quantitative estimate of drug-likeness (QED) is 0.459. The summed E-state index contributed by atoms with van der Waals surface area (Å²) in [6, 6.07) is 8.46. The number of hydrogen-bond acceptors (Lipinski definition) is 4. The monoisotopic (exact) mass is 251 g/mol. The molecule has 4 nitrogen and oxygen atoms in total. The molecule has 0 saturated carbocycles. The van der Waals surface area contributed by atoms with Crippen molar-refractivity contribution in [2.75, 3.05) is 14.1 Å². The van der Waals surface area contributed by atoms with E-state index in [2.05, 4.69) is 0 Å². The van der Waals surface area contributed by atoms with E-state index in [1.165, 1.54) is 11.8 Å². The Bertz CT molecular complexity index is 433. The van der Waals surface area contributed by atoms with Crippen LogP contribution in [0.5, 0.6) is 0 Å². The van der Waals surface area contributed by atoms with E-state index in [9.17, 15) is 13.0 Å². The van der Waals surface area contributed by atoms with Crippen LogP contribution in [0.15, 0.2) is 30.3 Å². The molecule has 0 radical (unpaired) electrons. The van der Waals surface area contributed by atoms with E-state index in [0.717, 1.165) is 0 Å². The van der Waals surface area contributed by atoms with Crippen LogP contribution in [0.2, 0.25) is 0 Å². The van der Waals surface area contributed by atoms with Crippen molar-refractivity contribution >= 4 is 10.1 Å². The molecule has 0 aliphatic heterocycles. The van der Waals surface area contributed by atoms with Gasteiger partial charge in [-0.1, -0.05) is 30.3 Å². The SMILES string of the molecule is CN(C)C(C)(c1ccccc1)S(=O)(=O)[O-].[Na+]. The molecule has 84 valence electrons. The van der Waals surface area contributed by atoms with Crippen LogP contribution >= 0.6 is 0 Å². The van der Waals surface area contributed by atoms with E-state index < -0.39 is 15.0 Å². The summed E-state index contributed by atoms with van der Waals surface area (Å²) in [5, 5.41) is 0. The zero-order valence-electron chi connectivity index (χ0n) is 9.97. The number of rotatable bonds is 3. The molecule has 6 heteroatoms. The van der Waals surface area contributed by atoms with Crippen molar-refractivity contribution in [3.63, 3.8) is 0 Å². The maximum atomic E-state index is 11.3. The van der Waals surface area contributed by atoms with E-state index in [-0.39, 0.29) is 29.6 Å². The molecule has 0 aliphatic carbocycles. The Morgan fingerprint density at radius 3 is 1.94 bits per heavy atom. The third-order valence-electron chi connectivity index (χ3n) is 2.65. The van der Waals surface area contributed by atoms with Crippen LogP contribution in [0.3, 0.4) is 0 Å². The first kappa shape index (κ1) is 16.1. The van der Waals surface area contributed by atoms with Gasteiger partial charge in [0.15, 0.2) is 0 Å². The Hall–Kier alpha value is 0.0900. The molecule has 0 aliphatic rings. The minimum absolute atomic E-state index is 0. The van der Waals surface area contributed by atoms with Gasteiger partial charge < -0.3 is 4.55 Å². The van der Waals surface area contributed by atoms with Crippen molar-refractivity contribution in [1.29, 1.82) is 0 Å². The van der Waals surface area contributed by atoms with Gasteiger partial charge in [0.2, 0.25) is 0 Å². The van der Waals surface area contributed by atoms with Crippen molar-refractivity contribution in [2.45, 2.75) is 11.8 Å². The van der Waals surface area contributed by atoms with E-state index in [0.29, 0.717) is 5.56 Å². The zero-order valence-corrected chi connectivity index (χ0v) is 12.8. The summed E-state index contributed by atoms with van der Waals surface area (Å²) in [5.74, 6) is 0. The van der Waals surface area contributed by atoms with E-state index in [4.69, 9.17) is 0 Å².